The number of hydrogen-bond donors (Lipinski definition) is 1. The average Bonchev–Trinajstić information content (AvgIpc) is 2.58. The van der Waals surface area contributed by atoms with Crippen LogP contribution in [-0.2, 0) is 10.0 Å². The highest BCUT2D eigenvalue weighted by atomic mass is 32.2. The van der Waals surface area contributed by atoms with Crippen LogP contribution in [0.25, 0.3) is 21.9 Å². The van der Waals surface area contributed by atoms with Gasteiger partial charge in [0.1, 0.15) is 11.2 Å². The number of benzene rings is 2. The van der Waals surface area contributed by atoms with E-state index < -0.39 is 32.5 Å². The van der Waals surface area contributed by atoms with Crippen molar-refractivity contribution in [3.05, 3.63) is 52.2 Å². The van der Waals surface area contributed by atoms with Crippen molar-refractivity contribution in [2.75, 3.05) is 0 Å². The van der Waals surface area contributed by atoms with E-state index in [9.17, 15) is 18.0 Å². The molecule has 3 aromatic rings. The number of nitrogens with zero attached hydrogens (tertiary/aromatic N) is 1. The first-order valence-electron chi connectivity index (χ1n) is 9.43. The summed E-state index contributed by atoms with van der Waals surface area (Å²) < 4.78 is 34.2. The first-order valence-corrected chi connectivity index (χ1v) is 10.9. The average molecular weight is 432 g/mol. The van der Waals surface area contributed by atoms with Crippen molar-refractivity contribution in [2.45, 2.75) is 57.5 Å². The standard InChI is InChI=1S/C22H25NO6S/c1-21(2,3)23(22(4,5)6)30(27,28)14-8-9-15-18(12-14)29-17-10-7-13(20(25)26)11-16(17)19(15)24/h7-12H,1-6H3,(H,25,26). The van der Waals surface area contributed by atoms with Crippen molar-refractivity contribution >= 4 is 37.9 Å². The number of fused-ring (bicyclic) bond motifs is 2. The third-order valence-corrected chi connectivity index (χ3v) is 7.07. The Bertz CT molecular complexity index is 1310. The zero-order valence-corrected chi connectivity index (χ0v) is 18.6. The molecule has 0 fully saturated rings. The van der Waals surface area contributed by atoms with Gasteiger partial charge < -0.3 is 9.52 Å². The van der Waals surface area contributed by atoms with Gasteiger partial charge in [-0.1, -0.05) is 0 Å². The molecule has 1 N–H and O–H groups in total. The molecule has 0 bridgehead atoms. The van der Waals surface area contributed by atoms with Crippen molar-refractivity contribution < 1.29 is 22.7 Å². The fourth-order valence-corrected chi connectivity index (χ4v) is 6.11. The molecule has 0 aliphatic carbocycles. The fraction of sp³-hybridized carbons (Fsp3) is 0.364. The van der Waals surface area contributed by atoms with Gasteiger partial charge in [-0.25, -0.2) is 13.2 Å². The van der Waals surface area contributed by atoms with E-state index in [0.29, 0.717) is 0 Å². The first-order chi connectivity index (χ1) is 13.6. The molecule has 0 unspecified atom stereocenters. The Kier molecular flexibility index (Phi) is 5.07. The largest absolute Gasteiger partial charge is 0.478 e. The minimum absolute atomic E-state index is 0.0181. The summed E-state index contributed by atoms with van der Waals surface area (Å²) in [6, 6.07) is 8.13. The van der Waals surface area contributed by atoms with Crippen LogP contribution in [0, 0.1) is 0 Å². The minimum Gasteiger partial charge on any atom is -0.478 e. The second kappa shape index (κ2) is 6.92. The summed E-state index contributed by atoms with van der Waals surface area (Å²) in [4.78, 5) is 24.1. The van der Waals surface area contributed by atoms with Crippen LogP contribution in [0.15, 0.2) is 50.5 Å². The molecule has 1 heterocycles. The van der Waals surface area contributed by atoms with Crippen LogP contribution >= 0.6 is 0 Å². The highest BCUT2D eigenvalue weighted by molar-refractivity contribution is 7.89. The molecule has 0 radical (unpaired) electrons. The lowest BCUT2D eigenvalue weighted by Gasteiger charge is -2.43. The van der Waals surface area contributed by atoms with E-state index in [0.717, 1.165) is 0 Å². The zero-order valence-electron chi connectivity index (χ0n) is 17.8. The van der Waals surface area contributed by atoms with Crippen molar-refractivity contribution in [1.29, 1.82) is 0 Å². The van der Waals surface area contributed by atoms with Gasteiger partial charge in [-0.05, 0) is 71.9 Å². The molecule has 3 rings (SSSR count). The van der Waals surface area contributed by atoms with E-state index in [4.69, 9.17) is 9.52 Å². The molecule has 0 atom stereocenters. The van der Waals surface area contributed by atoms with Crippen molar-refractivity contribution in [3.63, 3.8) is 0 Å². The predicted octanol–water partition coefficient (Wildman–Crippen LogP) is 4.23. The Morgan fingerprint density at radius 2 is 1.50 bits per heavy atom. The summed E-state index contributed by atoms with van der Waals surface area (Å²) in [6.07, 6.45) is 0. The Balaban J connectivity index is 2.27. The quantitative estimate of drug-likeness (QED) is 0.622. The fourth-order valence-electron chi connectivity index (χ4n) is 3.96. The van der Waals surface area contributed by atoms with Gasteiger partial charge in [-0.2, -0.15) is 4.31 Å². The van der Waals surface area contributed by atoms with Crippen LogP contribution in [0.4, 0.5) is 0 Å². The molecule has 0 saturated carbocycles. The Morgan fingerprint density at radius 3 is 2.03 bits per heavy atom. The van der Waals surface area contributed by atoms with Crippen LogP contribution in [0.1, 0.15) is 51.9 Å². The first kappa shape index (κ1) is 22.0. The number of carboxylic acids is 1. The Labute approximate surface area is 175 Å². The number of carbonyl (C=O) groups is 1. The van der Waals surface area contributed by atoms with Gasteiger partial charge in [0, 0.05) is 17.1 Å². The van der Waals surface area contributed by atoms with Gasteiger partial charge in [0.25, 0.3) is 0 Å². The highest BCUT2D eigenvalue weighted by Gasteiger charge is 2.41. The van der Waals surface area contributed by atoms with Gasteiger partial charge in [0.2, 0.25) is 15.5 Å². The molecule has 0 aliphatic rings. The smallest absolute Gasteiger partial charge is 0.335 e. The van der Waals surface area contributed by atoms with Gasteiger partial charge in [-0.3, -0.25) is 4.79 Å². The summed E-state index contributed by atoms with van der Waals surface area (Å²) in [5.74, 6) is -1.15. The van der Waals surface area contributed by atoms with Crippen LogP contribution < -0.4 is 5.43 Å². The molecule has 0 amide bonds. The van der Waals surface area contributed by atoms with E-state index in [1.165, 1.54) is 40.7 Å². The molecule has 30 heavy (non-hydrogen) atoms. The summed E-state index contributed by atoms with van der Waals surface area (Å²) in [5.41, 5.74) is -1.48. The maximum Gasteiger partial charge on any atom is 0.335 e. The number of aromatic carboxylic acids is 1. The molecule has 2 aromatic carbocycles. The molecular weight excluding hydrogens is 406 g/mol. The number of hydrogen-bond acceptors (Lipinski definition) is 5. The van der Waals surface area contributed by atoms with Gasteiger partial charge in [0.15, 0.2) is 0 Å². The van der Waals surface area contributed by atoms with Crippen LogP contribution in [0.3, 0.4) is 0 Å². The van der Waals surface area contributed by atoms with Crippen molar-refractivity contribution in [3.8, 4) is 0 Å². The zero-order chi connectivity index (χ0) is 22.6. The third kappa shape index (κ3) is 3.73. The Hall–Kier alpha value is -2.71. The minimum atomic E-state index is -3.90. The summed E-state index contributed by atoms with van der Waals surface area (Å²) in [5, 5.41) is 9.46. The molecule has 0 aliphatic heterocycles. The Morgan fingerprint density at radius 1 is 0.900 bits per heavy atom. The van der Waals surface area contributed by atoms with Crippen LogP contribution in [0.5, 0.6) is 0 Å². The number of sulfonamides is 1. The molecule has 7 nitrogen and oxygen atoms in total. The topological polar surface area (TPSA) is 105 Å². The highest BCUT2D eigenvalue weighted by Crippen LogP contribution is 2.33. The summed E-state index contributed by atoms with van der Waals surface area (Å²) >= 11 is 0. The third-order valence-electron chi connectivity index (χ3n) is 4.65. The normalized spacial score (nSPS) is 13.3. The van der Waals surface area contributed by atoms with E-state index in [1.807, 2.05) is 41.5 Å². The van der Waals surface area contributed by atoms with Crippen LogP contribution in [-0.4, -0.2) is 34.9 Å². The molecular formula is C22H25NO6S. The second-order valence-corrected chi connectivity index (χ2v) is 11.0. The number of rotatable bonds is 3. The van der Waals surface area contributed by atoms with E-state index in [2.05, 4.69) is 0 Å². The lowest BCUT2D eigenvalue weighted by atomic mass is 10.0. The van der Waals surface area contributed by atoms with Crippen molar-refractivity contribution in [2.24, 2.45) is 0 Å². The van der Waals surface area contributed by atoms with Gasteiger partial charge >= 0.3 is 5.97 Å². The maximum atomic E-state index is 13.5. The summed E-state index contributed by atoms with van der Waals surface area (Å²) in [7, 11) is -3.90. The second-order valence-electron chi connectivity index (χ2n) is 9.22. The predicted molar refractivity (Wildman–Crippen MR) is 115 cm³/mol. The molecule has 0 saturated heterocycles. The maximum absolute atomic E-state index is 13.5. The monoisotopic (exact) mass is 431 g/mol. The molecule has 1 aromatic heterocycles. The van der Waals surface area contributed by atoms with Crippen LogP contribution in [0.2, 0.25) is 0 Å². The SMILES string of the molecule is CC(C)(C)N(C(C)(C)C)S(=O)(=O)c1ccc2c(=O)c3cc(C(=O)O)ccc3oc2c1. The lowest BCUT2D eigenvalue weighted by molar-refractivity contribution is 0.0697. The van der Waals surface area contributed by atoms with Gasteiger partial charge in [0.05, 0.1) is 21.2 Å². The van der Waals surface area contributed by atoms with E-state index in [-0.39, 0.29) is 32.4 Å². The lowest BCUT2D eigenvalue weighted by Crippen LogP contribution is -2.55. The van der Waals surface area contributed by atoms with Gasteiger partial charge in [-0.15, -0.1) is 0 Å². The number of carboxylic acid groups (broad SMARTS) is 1. The summed E-state index contributed by atoms with van der Waals surface area (Å²) in [6.45, 7) is 10.9. The van der Waals surface area contributed by atoms with E-state index >= 15 is 0 Å². The van der Waals surface area contributed by atoms with E-state index in [1.54, 1.807) is 0 Å². The molecule has 8 heteroatoms. The van der Waals surface area contributed by atoms with Crippen molar-refractivity contribution in [1.82, 2.24) is 4.31 Å². The molecule has 0 spiro atoms. The molecule has 160 valence electrons.